The Labute approximate surface area is 157 Å². The summed E-state index contributed by atoms with van der Waals surface area (Å²) in [5, 5.41) is 17.8. The van der Waals surface area contributed by atoms with E-state index in [-0.39, 0.29) is 5.69 Å². The van der Waals surface area contributed by atoms with Gasteiger partial charge in [-0.25, -0.2) is 0 Å². The van der Waals surface area contributed by atoms with Crippen molar-refractivity contribution < 1.29 is 9.66 Å². The van der Waals surface area contributed by atoms with Crippen molar-refractivity contribution in [3.8, 4) is 5.75 Å². The highest BCUT2D eigenvalue weighted by Gasteiger charge is 2.07. The number of ether oxygens (including phenoxy) is 1. The minimum Gasteiger partial charge on any atom is -0.497 e. The smallest absolute Gasteiger partial charge is 0.269 e. The molecule has 0 saturated carbocycles. The van der Waals surface area contributed by atoms with Gasteiger partial charge in [-0.15, -0.1) is 0 Å². The molecule has 2 aromatic carbocycles. The van der Waals surface area contributed by atoms with Crippen LogP contribution >= 0.6 is 11.6 Å². The summed E-state index contributed by atoms with van der Waals surface area (Å²) in [7, 11) is 3.27. The molecule has 0 heterocycles. The Bertz CT molecular complexity index is 796. The summed E-state index contributed by atoms with van der Waals surface area (Å²) in [5.41, 5.74) is 1.89. The molecule has 0 amide bonds. The minimum atomic E-state index is -0.408. The number of nitrogens with one attached hydrogen (secondary N) is 2. The molecule has 0 saturated heterocycles. The molecule has 0 atom stereocenters. The van der Waals surface area contributed by atoms with Gasteiger partial charge in [0.25, 0.3) is 5.69 Å². The van der Waals surface area contributed by atoms with Gasteiger partial charge in [-0.1, -0.05) is 29.8 Å². The Morgan fingerprint density at radius 3 is 2.73 bits per heavy atom. The van der Waals surface area contributed by atoms with Crippen LogP contribution in [-0.4, -0.2) is 31.6 Å². The molecule has 0 unspecified atom stereocenters. The Balaban J connectivity index is 1.84. The van der Waals surface area contributed by atoms with Crippen LogP contribution < -0.4 is 15.4 Å². The van der Waals surface area contributed by atoms with Crippen LogP contribution in [0.25, 0.3) is 0 Å². The zero-order chi connectivity index (χ0) is 18.9. The first-order valence-corrected chi connectivity index (χ1v) is 8.41. The average molecular weight is 377 g/mol. The topological polar surface area (TPSA) is 88.8 Å². The first kappa shape index (κ1) is 19.5. The van der Waals surface area contributed by atoms with Crippen LogP contribution in [0.4, 0.5) is 5.69 Å². The number of aliphatic imine (C=N–C) groups is 1. The van der Waals surface area contributed by atoms with Gasteiger partial charge in [0.2, 0.25) is 0 Å². The normalized spacial score (nSPS) is 11.1. The van der Waals surface area contributed by atoms with Gasteiger partial charge < -0.3 is 15.4 Å². The molecule has 26 heavy (non-hydrogen) atoms. The Kier molecular flexibility index (Phi) is 7.23. The number of hydrogen-bond donors (Lipinski definition) is 2. The number of nitrogens with zero attached hydrogens (tertiary/aromatic N) is 2. The van der Waals surface area contributed by atoms with Gasteiger partial charge >= 0.3 is 0 Å². The third-order valence-electron chi connectivity index (χ3n) is 3.75. The summed E-state index contributed by atoms with van der Waals surface area (Å²) in [5.74, 6) is 1.34. The van der Waals surface area contributed by atoms with Crippen LogP contribution in [-0.2, 0) is 13.0 Å². The molecule has 0 aliphatic rings. The fraction of sp³-hybridized carbons (Fsp3) is 0.278. The monoisotopic (exact) mass is 376 g/mol. The van der Waals surface area contributed by atoms with Gasteiger partial charge in [-0.3, -0.25) is 15.1 Å². The van der Waals surface area contributed by atoms with E-state index in [0.717, 1.165) is 23.3 Å². The predicted molar refractivity (Wildman–Crippen MR) is 103 cm³/mol. The molecule has 0 aliphatic heterocycles. The summed E-state index contributed by atoms with van der Waals surface area (Å²) in [6.45, 7) is 1.07. The van der Waals surface area contributed by atoms with E-state index in [9.17, 15) is 10.1 Å². The maximum absolute atomic E-state index is 10.8. The molecule has 8 heteroatoms. The second-order valence-corrected chi connectivity index (χ2v) is 5.89. The van der Waals surface area contributed by atoms with Crippen LogP contribution in [0.5, 0.6) is 5.75 Å². The van der Waals surface area contributed by atoms with E-state index >= 15 is 0 Å². The van der Waals surface area contributed by atoms with Gasteiger partial charge in [-0.05, 0) is 29.7 Å². The van der Waals surface area contributed by atoms with E-state index < -0.39 is 4.92 Å². The fourth-order valence-corrected chi connectivity index (χ4v) is 2.62. The van der Waals surface area contributed by atoms with Crippen molar-refractivity contribution in [2.75, 3.05) is 20.7 Å². The number of guanidine groups is 1. The summed E-state index contributed by atoms with van der Waals surface area (Å²) in [4.78, 5) is 14.6. The zero-order valence-corrected chi connectivity index (χ0v) is 15.4. The third-order valence-corrected chi connectivity index (χ3v) is 4.10. The Hall–Kier alpha value is -2.80. The third kappa shape index (κ3) is 5.63. The second kappa shape index (κ2) is 9.62. The molecule has 0 bridgehead atoms. The Morgan fingerprint density at radius 1 is 1.27 bits per heavy atom. The van der Waals surface area contributed by atoms with Crippen molar-refractivity contribution in [1.82, 2.24) is 10.6 Å². The average Bonchev–Trinajstić information content (AvgIpc) is 2.65. The number of benzene rings is 2. The van der Waals surface area contributed by atoms with E-state index in [1.54, 1.807) is 26.3 Å². The number of nitro groups is 1. The van der Waals surface area contributed by atoms with Gasteiger partial charge in [-0.2, -0.15) is 0 Å². The molecule has 0 spiro atoms. The maximum Gasteiger partial charge on any atom is 0.269 e. The summed E-state index contributed by atoms with van der Waals surface area (Å²) < 4.78 is 5.14. The van der Waals surface area contributed by atoms with Gasteiger partial charge in [0.15, 0.2) is 5.96 Å². The lowest BCUT2D eigenvalue weighted by atomic mass is 10.1. The zero-order valence-electron chi connectivity index (χ0n) is 14.7. The Morgan fingerprint density at radius 2 is 2.08 bits per heavy atom. The highest BCUT2D eigenvalue weighted by atomic mass is 35.5. The first-order chi connectivity index (χ1) is 12.5. The van der Waals surface area contributed by atoms with Crippen molar-refractivity contribution in [2.45, 2.75) is 13.0 Å². The lowest BCUT2D eigenvalue weighted by Gasteiger charge is -2.12. The van der Waals surface area contributed by atoms with Gasteiger partial charge in [0.1, 0.15) is 5.75 Å². The largest absolute Gasteiger partial charge is 0.497 e. The van der Waals surface area contributed by atoms with Crippen LogP contribution in [0.15, 0.2) is 47.5 Å². The SMILES string of the molecule is CN=C(NCCc1ccc(OC)cc1Cl)NCc1cccc([N+](=O)[O-])c1. The summed E-state index contributed by atoms with van der Waals surface area (Å²) in [6.07, 6.45) is 0.723. The molecule has 0 radical (unpaired) electrons. The highest BCUT2D eigenvalue weighted by molar-refractivity contribution is 6.31. The van der Waals surface area contributed by atoms with E-state index in [4.69, 9.17) is 16.3 Å². The molecule has 0 fully saturated rings. The van der Waals surface area contributed by atoms with Crippen molar-refractivity contribution in [1.29, 1.82) is 0 Å². The number of non-ortho nitro benzene ring substituents is 1. The number of hydrogen-bond acceptors (Lipinski definition) is 4. The van der Waals surface area contributed by atoms with E-state index in [1.807, 2.05) is 18.2 Å². The molecular weight excluding hydrogens is 356 g/mol. The van der Waals surface area contributed by atoms with Crippen LogP contribution in [0.2, 0.25) is 5.02 Å². The number of methoxy groups -OCH3 is 1. The lowest BCUT2D eigenvalue weighted by Crippen LogP contribution is -2.37. The van der Waals surface area contributed by atoms with Gasteiger partial charge in [0, 0.05) is 37.3 Å². The molecule has 2 aromatic rings. The standard InChI is InChI=1S/C18H21ClN4O3/c1-20-18(22-12-13-4-3-5-15(10-13)23(24)25)21-9-8-14-6-7-16(26-2)11-17(14)19/h3-7,10-11H,8-9,12H2,1-2H3,(H2,20,21,22). The van der Waals surface area contributed by atoms with Crippen LogP contribution in [0.1, 0.15) is 11.1 Å². The fourth-order valence-electron chi connectivity index (χ4n) is 2.36. The van der Waals surface area contributed by atoms with Crippen molar-refractivity contribution in [3.63, 3.8) is 0 Å². The minimum absolute atomic E-state index is 0.0707. The van der Waals surface area contributed by atoms with Gasteiger partial charge in [0.05, 0.1) is 12.0 Å². The van der Waals surface area contributed by atoms with Crippen molar-refractivity contribution in [2.24, 2.45) is 4.99 Å². The quantitative estimate of drug-likeness (QED) is 0.335. The van der Waals surface area contributed by atoms with Crippen LogP contribution in [0, 0.1) is 10.1 Å². The molecule has 2 rings (SSSR count). The molecule has 7 nitrogen and oxygen atoms in total. The van der Waals surface area contributed by atoms with Crippen LogP contribution in [0.3, 0.4) is 0 Å². The lowest BCUT2D eigenvalue weighted by molar-refractivity contribution is -0.384. The van der Waals surface area contributed by atoms with Crippen molar-refractivity contribution in [3.05, 3.63) is 68.7 Å². The number of nitro benzene ring substituents is 1. The highest BCUT2D eigenvalue weighted by Crippen LogP contribution is 2.22. The maximum atomic E-state index is 10.8. The first-order valence-electron chi connectivity index (χ1n) is 8.03. The molecule has 0 aromatic heterocycles. The predicted octanol–water partition coefficient (Wildman–Crippen LogP) is 3.16. The molecular formula is C18H21ClN4O3. The summed E-state index contributed by atoms with van der Waals surface area (Å²) >= 11 is 6.23. The molecule has 138 valence electrons. The second-order valence-electron chi connectivity index (χ2n) is 5.49. The number of halogens is 1. The van der Waals surface area contributed by atoms with E-state index in [0.29, 0.717) is 24.1 Å². The number of rotatable bonds is 7. The molecule has 2 N–H and O–H groups in total. The molecule has 0 aliphatic carbocycles. The summed E-state index contributed by atoms with van der Waals surface area (Å²) in [6, 6.07) is 12.1. The van der Waals surface area contributed by atoms with E-state index in [1.165, 1.54) is 12.1 Å². The van der Waals surface area contributed by atoms with E-state index in [2.05, 4.69) is 15.6 Å². The van der Waals surface area contributed by atoms with Crippen molar-refractivity contribution >= 4 is 23.2 Å².